The lowest BCUT2D eigenvalue weighted by Crippen LogP contribution is -2.66. The standard InChI is InChI=1S/C56H70O2SSi2/c1-45(23-21-41-57-60(55(3,4)5,51-25-13-9-14-26-51)52-27-15-10-16-28-52)43-47-33-37-49(38-34-47)59-50-39-35-48(36-40-50)44-46(2)24-22-42-58-61(56(6,7)8,53-29-17-11-18-30-53)54-31-19-12-20-32-54/h9-20,25-40,45-46H,21-24,41-44H2,1-8H3/t45-,46-/m1/s1. The van der Waals surface area contributed by atoms with Gasteiger partial charge in [0.15, 0.2) is 0 Å². The zero-order valence-corrected chi connectivity index (χ0v) is 41.0. The minimum atomic E-state index is -2.49. The number of benzene rings is 6. The molecule has 0 heterocycles. The summed E-state index contributed by atoms with van der Waals surface area (Å²) in [6.45, 7) is 20.5. The summed E-state index contributed by atoms with van der Waals surface area (Å²) >= 11 is 1.85. The van der Waals surface area contributed by atoms with Crippen molar-refractivity contribution in [1.29, 1.82) is 0 Å². The third kappa shape index (κ3) is 11.7. The molecule has 2 nitrogen and oxygen atoms in total. The average molecular weight is 863 g/mol. The summed E-state index contributed by atoms with van der Waals surface area (Å²) in [5.41, 5.74) is 2.82. The molecule has 0 radical (unpaired) electrons. The van der Waals surface area contributed by atoms with Gasteiger partial charge in [0.2, 0.25) is 0 Å². The average Bonchev–Trinajstić information content (AvgIpc) is 3.25. The summed E-state index contributed by atoms with van der Waals surface area (Å²) in [7, 11) is -4.97. The molecule has 0 spiro atoms. The highest BCUT2D eigenvalue weighted by molar-refractivity contribution is 7.99. The van der Waals surface area contributed by atoms with Gasteiger partial charge in [0.1, 0.15) is 0 Å². The van der Waals surface area contributed by atoms with Gasteiger partial charge in [-0.2, -0.15) is 0 Å². The molecule has 0 aliphatic carbocycles. The van der Waals surface area contributed by atoms with Gasteiger partial charge in [0.05, 0.1) is 0 Å². The maximum atomic E-state index is 7.16. The lowest BCUT2D eigenvalue weighted by Gasteiger charge is -2.43. The molecule has 0 aromatic heterocycles. The molecule has 0 N–H and O–H groups in total. The fourth-order valence-electron chi connectivity index (χ4n) is 9.37. The van der Waals surface area contributed by atoms with Crippen molar-refractivity contribution in [3.05, 3.63) is 181 Å². The van der Waals surface area contributed by atoms with E-state index in [2.05, 4.69) is 225 Å². The van der Waals surface area contributed by atoms with Crippen LogP contribution in [0.5, 0.6) is 0 Å². The summed E-state index contributed by atoms with van der Waals surface area (Å²) in [5, 5.41) is 5.42. The van der Waals surface area contributed by atoms with E-state index in [1.807, 2.05) is 11.8 Å². The van der Waals surface area contributed by atoms with Crippen LogP contribution < -0.4 is 20.7 Å². The Morgan fingerprint density at radius 2 is 0.689 bits per heavy atom. The second-order valence-electron chi connectivity index (χ2n) is 19.3. The molecule has 0 bridgehead atoms. The van der Waals surface area contributed by atoms with Crippen LogP contribution in [-0.4, -0.2) is 29.8 Å². The van der Waals surface area contributed by atoms with Crippen molar-refractivity contribution >= 4 is 49.1 Å². The quantitative estimate of drug-likeness (QED) is 0.0563. The van der Waals surface area contributed by atoms with Gasteiger partial charge in [-0.25, -0.2) is 0 Å². The molecule has 2 atom stereocenters. The Morgan fingerprint density at radius 3 is 0.951 bits per heavy atom. The summed E-state index contributed by atoms with van der Waals surface area (Å²) in [5.74, 6) is 1.18. The number of hydrogen-bond donors (Lipinski definition) is 0. The van der Waals surface area contributed by atoms with Crippen LogP contribution in [0.3, 0.4) is 0 Å². The van der Waals surface area contributed by atoms with Crippen molar-refractivity contribution < 1.29 is 8.85 Å². The monoisotopic (exact) mass is 862 g/mol. The molecule has 6 rings (SSSR count). The second-order valence-corrected chi connectivity index (χ2v) is 29.1. The maximum absolute atomic E-state index is 7.16. The van der Waals surface area contributed by atoms with Gasteiger partial charge >= 0.3 is 0 Å². The Hall–Kier alpha value is -3.98. The molecular formula is C56H70O2SSi2. The Morgan fingerprint density at radius 1 is 0.410 bits per heavy atom. The van der Waals surface area contributed by atoms with Crippen LogP contribution in [0.1, 0.15) is 92.2 Å². The minimum Gasteiger partial charge on any atom is -0.407 e. The molecule has 0 saturated heterocycles. The van der Waals surface area contributed by atoms with Gasteiger partial charge in [-0.05, 0) is 117 Å². The van der Waals surface area contributed by atoms with Crippen LogP contribution in [0.2, 0.25) is 10.1 Å². The van der Waals surface area contributed by atoms with E-state index in [-0.39, 0.29) is 10.1 Å². The summed E-state index contributed by atoms with van der Waals surface area (Å²) in [6.07, 6.45) is 6.59. The number of rotatable bonds is 20. The zero-order chi connectivity index (χ0) is 43.4. The molecule has 0 fully saturated rings. The van der Waals surface area contributed by atoms with Crippen LogP contribution in [0.4, 0.5) is 0 Å². The van der Waals surface area contributed by atoms with E-state index >= 15 is 0 Å². The lowest BCUT2D eigenvalue weighted by molar-refractivity contribution is 0.278. The van der Waals surface area contributed by atoms with Crippen molar-refractivity contribution in [2.45, 2.75) is 114 Å². The van der Waals surface area contributed by atoms with Crippen LogP contribution in [0.25, 0.3) is 0 Å². The highest BCUT2D eigenvalue weighted by atomic mass is 32.2. The zero-order valence-electron chi connectivity index (χ0n) is 38.2. The lowest BCUT2D eigenvalue weighted by atomic mass is 9.97. The topological polar surface area (TPSA) is 18.5 Å². The highest BCUT2D eigenvalue weighted by Crippen LogP contribution is 2.38. The summed E-state index contributed by atoms with van der Waals surface area (Å²) in [6, 6.07) is 62.4. The van der Waals surface area contributed by atoms with Gasteiger partial charge in [0.25, 0.3) is 16.6 Å². The van der Waals surface area contributed by atoms with E-state index in [4.69, 9.17) is 8.85 Å². The molecule has 0 aliphatic rings. The van der Waals surface area contributed by atoms with Gasteiger partial charge in [-0.3, -0.25) is 0 Å². The molecule has 5 heteroatoms. The first kappa shape index (κ1) is 46.5. The molecule has 0 unspecified atom stereocenters. The first-order chi connectivity index (χ1) is 29.3. The van der Waals surface area contributed by atoms with Gasteiger partial charge < -0.3 is 8.85 Å². The van der Waals surface area contributed by atoms with Crippen molar-refractivity contribution in [2.75, 3.05) is 13.2 Å². The predicted molar refractivity (Wildman–Crippen MR) is 268 cm³/mol. The van der Waals surface area contributed by atoms with E-state index in [9.17, 15) is 0 Å². The van der Waals surface area contributed by atoms with Crippen LogP contribution in [0.15, 0.2) is 180 Å². The third-order valence-corrected chi connectivity index (χ3v) is 23.5. The van der Waals surface area contributed by atoms with Crippen LogP contribution in [-0.2, 0) is 21.7 Å². The normalized spacial score (nSPS) is 13.5. The molecule has 0 saturated carbocycles. The van der Waals surface area contributed by atoms with Crippen molar-refractivity contribution in [3.63, 3.8) is 0 Å². The number of hydrogen-bond acceptors (Lipinski definition) is 3. The van der Waals surface area contributed by atoms with Gasteiger partial charge in [0, 0.05) is 23.0 Å². The molecule has 61 heavy (non-hydrogen) atoms. The molecule has 320 valence electrons. The van der Waals surface area contributed by atoms with E-state index in [0.29, 0.717) is 11.8 Å². The fraction of sp³-hybridized carbons (Fsp3) is 0.357. The first-order valence-corrected chi connectivity index (χ1v) is 27.3. The van der Waals surface area contributed by atoms with E-state index in [1.165, 1.54) is 41.7 Å². The smallest absolute Gasteiger partial charge is 0.261 e. The van der Waals surface area contributed by atoms with E-state index in [0.717, 1.165) is 51.7 Å². The molecule has 6 aromatic rings. The largest absolute Gasteiger partial charge is 0.407 e. The van der Waals surface area contributed by atoms with Gasteiger partial charge in [-0.15, -0.1) is 0 Å². The predicted octanol–water partition coefficient (Wildman–Crippen LogP) is 12.9. The third-order valence-electron chi connectivity index (χ3n) is 12.4. The molecular weight excluding hydrogens is 793 g/mol. The Balaban J connectivity index is 0.955. The van der Waals surface area contributed by atoms with Crippen molar-refractivity contribution in [3.8, 4) is 0 Å². The fourth-order valence-corrected chi connectivity index (χ4v) is 19.4. The molecule has 0 aliphatic heterocycles. The van der Waals surface area contributed by atoms with Crippen LogP contribution in [0, 0.1) is 11.8 Å². The van der Waals surface area contributed by atoms with Crippen molar-refractivity contribution in [2.24, 2.45) is 11.8 Å². The van der Waals surface area contributed by atoms with E-state index < -0.39 is 16.6 Å². The maximum Gasteiger partial charge on any atom is 0.261 e. The van der Waals surface area contributed by atoms with Crippen LogP contribution >= 0.6 is 11.8 Å². The minimum absolute atomic E-state index is 0.00675. The Bertz CT molecular complexity index is 1930. The van der Waals surface area contributed by atoms with Gasteiger partial charge in [-0.1, -0.05) is 213 Å². The Labute approximate surface area is 375 Å². The Kier molecular flexibility index (Phi) is 16.3. The summed E-state index contributed by atoms with van der Waals surface area (Å²) in [4.78, 5) is 2.58. The SMILES string of the molecule is C[C@H](CCCO[Si](c1ccccc1)(c1ccccc1)C(C)(C)C)Cc1ccc(Sc2ccc(C[C@H](C)CCCO[Si](c3ccccc3)(c3ccccc3)C(C)(C)C)cc2)cc1. The highest BCUT2D eigenvalue weighted by Gasteiger charge is 2.51. The second kappa shape index (κ2) is 21.4. The molecule has 0 amide bonds. The van der Waals surface area contributed by atoms with E-state index in [1.54, 1.807) is 0 Å². The van der Waals surface area contributed by atoms with Crippen molar-refractivity contribution in [1.82, 2.24) is 0 Å². The summed E-state index contributed by atoms with van der Waals surface area (Å²) < 4.78 is 14.3. The molecule has 6 aromatic carbocycles. The first-order valence-electron chi connectivity index (χ1n) is 22.7.